The zero-order valence-corrected chi connectivity index (χ0v) is 13.0. The summed E-state index contributed by atoms with van der Waals surface area (Å²) in [4.78, 5) is 0. The molecule has 1 saturated carbocycles. The lowest BCUT2D eigenvalue weighted by molar-refractivity contribution is 0.388. The number of halogens is 1. The maximum absolute atomic E-state index is 5.95. The van der Waals surface area contributed by atoms with Gasteiger partial charge in [-0.3, -0.25) is 0 Å². The lowest BCUT2D eigenvalue weighted by Crippen LogP contribution is -2.12. The average Bonchev–Trinajstić information content (AvgIpc) is 3.14. The van der Waals surface area contributed by atoms with Crippen LogP contribution in [0.2, 0.25) is 0 Å². The third-order valence-corrected chi connectivity index (χ3v) is 4.77. The van der Waals surface area contributed by atoms with Gasteiger partial charge in [0.15, 0.2) is 5.82 Å². The maximum Gasteiger partial charge on any atom is 0.183 e. The number of tetrazole rings is 1. The van der Waals surface area contributed by atoms with E-state index in [0.717, 1.165) is 34.6 Å². The molecule has 1 atom stereocenters. The number of hydrogen-bond acceptors (Lipinski definition) is 4. The third kappa shape index (κ3) is 2.57. The molecule has 0 amide bonds. The van der Waals surface area contributed by atoms with Crippen LogP contribution in [-0.4, -0.2) is 20.2 Å². The first-order valence-corrected chi connectivity index (χ1v) is 7.82. The van der Waals surface area contributed by atoms with Crippen molar-refractivity contribution in [1.29, 1.82) is 0 Å². The van der Waals surface area contributed by atoms with Crippen LogP contribution < -0.4 is 5.73 Å². The lowest BCUT2D eigenvalue weighted by Gasteiger charge is -2.16. The molecular weight excluding hydrogens is 318 g/mol. The van der Waals surface area contributed by atoms with Crippen molar-refractivity contribution < 1.29 is 0 Å². The van der Waals surface area contributed by atoms with E-state index in [1.54, 1.807) is 0 Å². The van der Waals surface area contributed by atoms with Crippen molar-refractivity contribution in [3.8, 4) is 11.4 Å². The number of hydrogen-bond donors (Lipinski definition) is 1. The van der Waals surface area contributed by atoms with Crippen molar-refractivity contribution in [2.24, 2.45) is 5.92 Å². The first-order valence-electron chi connectivity index (χ1n) is 7.03. The average molecular weight is 336 g/mol. The van der Waals surface area contributed by atoms with Gasteiger partial charge in [0.1, 0.15) is 0 Å². The summed E-state index contributed by atoms with van der Waals surface area (Å²) in [7, 11) is 0. The predicted molar refractivity (Wildman–Crippen MR) is 82.0 cm³/mol. The minimum atomic E-state index is 0.362. The number of aromatic nitrogens is 4. The summed E-state index contributed by atoms with van der Waals surface area (Å²) in [5.74, 6) is 1.64. The molecule has 6 heteroatoms. The topological polar surface area (TPSA) is 69.6 Å². The van der Waals surface area contributed by atoms with Gasteiger partial charge in [-0.15, -0.1) is 5.10 Å². The smallest absolute Gasteiger partial charge is 0.183 e. The number of nitrogens with two attached hydrogens (primary N) is 1. The van der Waals surface area contributed by atoms with Crippen molar-refractivity contribution >= 4 is 21.6 Å². The molecule has 0 radical (unpaired) electrons. The van der Waals surface area contributed by atoms with Gasteiger partial charge in [0, 0.05) is 11.3 Å². The molecule has 3 rings (SSSR count). The van der Waals surface area contributed by atoms with Gasteiger partial charge in [-0.2, -0.15) is 0 Å². The highest BCUT2D eigenvalue weighted by Gasteiger charge is 2.28. The number of anilines is 1. The Bertz CT molecular complexity index is 605. The molecule has 1 aromatic carbocycles. The van der Waals surface area contributed by atoms with E-state index in [4.69, 9.17) is 5.73 Å². The summed E-state index contributed by atoms with van der Waals surface area (Å²) in [6.07, 6.45) is 4.88. The van der Waals surface area contributed by atoms with E-state index in [1.807, 2.05) is 22.9 Å². The van der Waals surface area contributed by atoms with E-state index in [9.17, 15) is 0 Å². The van der Waals surface area contributed by atoms with Crippen LogP contribution in [0, 0.1) is 5.92 Å². The third-order valence-electron chi connectivity index (χ3n) is 3.88. The van der Waals surface area contributed by atoms with Gasteiger partial charge in [-0.1, -0.05) is 25.8 Å². The molecule has 20 heavy (non-hydrogen) atoms. The fraction of sp³-hybridized carbons (Fsp3) is 0.500. The molecule has 1 aromatic heterocycles. The largest absolute Gasteiger partial charge is 0.398 e. The molecule has 0 spiro atoms. The van der Waals surface area contributed by atoms with E-state index in [-0.39, 0.29) is 0 Å². The fourth-order valence-corrected chi connectivity index (χ4v) is 2.96. The zero-order valence-electron chi connectivity index (χ0n) is 11.5. The molecule has 106 valence electrons. The van der Waals surface area contributed by atoms with Crippen molar-refractivity contribution in [2.45, 2.75) is 38.6 Å². The number of nitrogens with zero attached hydrogens (tertiary/aromatic N) is 4. The second-order valence-electron chi connectivity index (χ2n) is 5.40. The van der Waals surface area contributed by atoms with Crippen molar-refractivity contribution in [3.63, 3.8) is 0 Å². The van der Waals surface area contributed by atoms with Gasteiger partial charge in [0.2, 0.25) is 0 Å². The van der Waals surface area contributed by atoms with Gasteiger partial charge in [0.05, 0.1) is 10.5 Å². The predicted octanol–water partition coefficient (Wildman–Crippen LogP) is 3.44. The summed E-state index contributed by atoms with van der Waals surface area (Å²) in [5, 5.41) is 12.3. The summed E-state index contributed by atoms with van der Waals surface area (Å²) in [5.41, 5.74) is 7.60. The zero-order chi connectivity index (χ0) is 14.1. The summed E-state index contributed by atoms with van der Waals surface area (Å²) < 4.78 is 2.81. The van der Waals surface area contributed by atoms with Crippen molar-refractivity contribution in [2.75, 3.05) is 5.73 Å². The highest BCUT2D eigenvalue weighted by molar-refractivity contribution is 9.10. The molecule has 0 bridgehead atoms. The van der Waals surface area contributed by atoms with E-state index >= 15 is 0 Å². The normalized spacial score (nSPS) is 16.3. The van der Waals surface area contributed by atoms with Gasteiger partial charge in [-0.25, -0.2) is 4.68 Å². The molecule has 1 fully saturated rings. The van der Waals surface area contributed by atoms with Crippen LogP contribution in [-0.2, 0) is 0 Å². The van der Waals surface area contributed by atoms with E-state index in [0.29, 0.717) is 11.7 Å². The second kappa shape index (κ2) is 5.52. The molecule has 1 heterocycles. The van der Waals surface area contributed by atoms with E-state index in [2.05, 4.69) is 38.4 Å². The SMILES string of the molecule is CCC(CC1CC1)n1nnnc1-c1cccc(N)c1Br. The van der Waals surface area contributed by atoms with E-state index in [1.165, 1.54) is 12.8 Å². The highest BCUT2D eigenvalue weighted by Crippen LogP contribution is 2.39. The molecule has 5 nitrogen and oxygen atoms in total. The quantitative estimate of drug-likeness (QED) is 0.849. The molecule has 0 saturated heterocycles. The molecule has 1 unspecified atom stereocenters. The maximum atomic E-state index is 5.95. The van der Waals surface area contributed by atoms with Crippen LogP contribution in [0.3, 0.4) is 0 Å². The summed E-state index contributed by atoms with van der Waals surface area (Å²) in [6.45, 7) is 2.19. The van der Waals surface area contributed by atoms with Crippen LogP contribution in [0.15, 0.2) is 22.7 Å². The standard InChI is InChI=1S/C14H18BrN5/c1-2-10(8-9-6-7-9)20-14(17-18-19-20)11-4-3-5-12(16)13(11)15/h3-5,9-10H,2,6-8,16H2,1H3. The molecular formula is C14H18BrN5. The number of rotatable bonds is 5. The van der Waals surface area contributed by atoms with Crippen LogP contribution in [0.4, 0.5) is 5.69 Å². The van der Waals surface area contributed by atoms with Crippen molar-refractivity contribution in [3.05, 3.63) is 22.7 Å². The fourth-order valence-electron chi connectivity index (χ4n) is 2.52. The Labute approximate surface area is 126 Å². The minimum Gasteiger partial charge on any atom is -0.398 e. The number of benzene rings is 1. The minimum absolute atomic E-state index is 0.362. The Morgan fingerprint density at radius 3 is 2.95 bits per heavy atom. The van der Waals surface area contributed by atoms with Crippen LogP contribution in [0.5, 0.6) is 0 Å². The van der Waals surface area contributed by atoms with Gasteiger partial charge < -0.3 is 5.73 Å². The monoisotopic (exact) mass is 335 g/mol. The first kappa shape index (κ1) is 13.5. The first-order chi connectivity index (χ1) is 9.70. The second-order valence-corrected chi connectivity index (χ2v) is 6.19. The molecule has 1 aliphatic carbocycles. The summed E-state index contributed by atoms with van der Waals surface area (Å²) >= 11 is 3.54. The highest BCUT2D eigenvalue weighted by atomic mass is 79.9. The van der Waals surface area contributed by atoms with Gasteiger partial charge in [-0.05, 0) is 57.2 Å². The molecule has 1 aliphatic rings. The van der Waals surface area contributed by atoms with E-state index < -0.39 is 0 Å². The van der Waals surface area contributed by atoms with Gasteiger partial charge in [0.25, 0.3) is 0 Å². The van der Waals surface area contributed by atoms with Crippen molar-refractivity contribution in [1.82, 2.24) is 20.2 Å². The van der Waals surface area contributed by atoms with Crippen LogP contribution in [0.25, 0.3) is 11.4 Å². The van der Waals surface area contributed by atoms with Gasteiger partial charge >= 0.3 is 0 Å². The van der Waals surface area contributed by atoms with Crippen LogP contribution in [0.1, 0.15) is 38.6 Å². The Morgan fingerprint density at radius 2 is 2.25 bits per heavy atom. The summed E-state index contributed by atoms with van der Waals surface area (Å²) in [6, 6.07) is 6.15. The lowest BCUT2D eigenvalue weighted by atomic mass is 10.1. The Hall–Kier alpha value is -1.43. The van der Waals surface area contributed by atoms with Crippen LogP contribution >= 0.6 is 15.9 Å². The number of nitrogen functional groups attached to an aromatic ring is 1. The molecule has 2 N–H and O–H groups in total. The molecule has 2 aromatic rings. The Kier molecular flexibility index (Phi) is 3.74. The molecule has 0 aliphatic heterocycles. The Morgan fingerprint density at radius 1 is 1.45 bits per heavy atom. The Balaban J connectivity index is 1.98.